The Hall–Kier alpha value is -1.03. The zero-order valence-corrected chi connectivity index (χ0v) is 8.25. The van der Waals surface area contributed by atoms with Crippen LogP contribution in [-0.2, 0) is 6.54 Å². The van der Waals surface area contributed by atoms with Crippen LogP contribution in [0.25, 0.3) is 0 Å². The number of hydrogen-bond acceptors (Lipinski definition) is 3. The van der Waals surface area contributed by atoms with E-state index >= 15 is 0 Å². The predicted molar refractivity (Wildman–Crippen MR) is 49.8 cm³/mol. The van der Waals surface area contributed by atoms with Gasteiger partial charge in [0.15, 0.2) is 11.4 Å². The highest BCUT2D eigenvalue weighted by Crippen LogP contribution is 2.50. The molecule has 1 aromatic rings. The van der Waals surface area contributed by atoms with Crippen LogP contribution in [0.2, 0.25) is 5.15 Å². The molecule has 1 fully saturated rings. The second kappa shape index (κ2) is 2.51. The lowest BCUT2D eigenvalue weighted by molar-refractivity contribution is 0.110. The average Bonchev–Trinajstić information content (AvgIpc) is 2.81. The topological polar surface area (TPSA) is 44.1 Å². The van der Waals surface area contributed by atoms with Crippen molar-refractivity contribution in [3.05, 3.63) is 10.7 Å². The molecular weight excluding hydrogens is 204 g/mol. The molecule has 1 spiro atoms. The van der Waals surface area contributed by atoms with E-state index in [0.29, 0.717) is 24.3 Å². The lowest BCUT2D eigenvalue weighted by Gasteiger charge is -2.23. The number of aromatic nitrogens is 2. The van der Waals surface area contributed by atoms with E-state index in [9.17, 15) is 4.79 Å². The fourth-order valence-corrected chi connectivity index (χ4v) is 2.07. The van der Waals surface area contributed by atoms with Gasteiger partial charge in [0.05, 0.1) is 13.2 Å². The van der Waals surface area contributed by atoms with E-state index in [-0.39, 0.29) is 10.6 Å². The smallest absolute Gasteiger partial charge is 0.224 e. The van der Waals surface area contributed by atoms with Crippen LogP contribution in [0.1, 0.15) is 23.2 Å². The molecule has 5 heteroatoms. The van der Waals surface area contributed by atoms with Gasteiger partial charge in [-0.1, -0.05) is 11.6 Å². The molecule has 74 valence electrons. The number of hydrogen-bond donors (Lipinski definition) is 0. The van der Waals surface area contributed by atoms with E-state index in [2.05, 4.69) is 5.10 Å². The molecule has 4 nitrogen and oxygen atoms in total. The number of fused-ring (bicyclic) bond motifs is 1. The van der Waals surface area contributed by atoms with E-state index < -0.39 is 0 Å². The summed E-state index contributed by atoms with van der Waals surface area (Å²) in [5.74, 6) is 0.530. The van der Waals surface area contributed by atoms with Gasteiger partial charge in [-0.05, 0) is 12.8 Å². The Kier molecular flexibility index (Phi) is 1.49. The molecule has 0 N–H and O–H groups in total. The fraction of sp³-hybridized carbons (Fsp3) is 0.556. The van der Waals surface area contributed by atoms with Crippen molar-refractivity contribution in [1.29, 1.82) is 0 Å². The van der Waals surface area contributed by atoms with Crippen LogP contribution in [0.3, 0.4) is 0 Å². The molecule has 3 rings (SSSR count). The summed E-state index contributed by atoms with van der Waals surface area (Å²) >= 11 is 5.81. The Morgan fingerprint density at radius 3 is 3.00 bits per heavy atom. The molecular formula is C9H9ClN2O2. The van der Waals surface area contributed by atoms with Crippen LogP contribution in [-0.4, -0.2) is 22.7 Å². The second-order valence-electron chi connectivity index (χ2n) is 4.07. The number of nitrogens with zero attached hydrogens (tertiary/aromatic N) is 2. The van der Waals surface area contributed by atoms with Crippen molar-refractivity contribution in [2.75, 3.05) is 6.61 Å². The van der Waals surface area contributed by atoms with E-state index in [1.54, 1.807) is 4.68 Å². The summed E-state index contributed by atoms with van der Waals surface area (Å²) in [7, 11) is 0. The van der Waals surface area contributed by atoms with Gasteiger partial charge in [0.25, 0.3) is 0 Å². The molecule has 1 aliphatic heterocycles. The van der Waals surface area contributed by atoms with Crippen molar-refractivity contribution in [2.24, 2.45) is 5.41 Å². The van der Waals surface area contributed by atoms with Crippen molar-refractivity contribution in [2.45, 2.75) is 19.4 Å². The van der Waals surface area contributed by atoms with Crippen molar-refractivity contribution in [3.63, 3.8) is 0 Å². The summed E-state index contributed by atoms with van der Waals surface area (Å²) in [5.41, 5.74) is 0.657. The minimum absolute atomic E-state index is 0.243. The number of rotatable bonds is 1. The van der Waals surface area contributed by atoms with E-state index in [0.717, 1.165) is 6.54 Å². The molecule has 0 aromatic carbocycles. The van der Waals surface area contributed by atoms with Crippen LogP contribution >= 0.6 is 11.6 Å². The summed E-state index contributed by atoms with van der Waals surface area (Å²) in [4.78, 5) is 10.7. The molecule has 0 amide bonds. The summed E-state index contributed by atoms with van der Waals surface area (Å²) in [6.07, 6.45) is 3.06. The average molecular weight is 213 g/mol. The van der Waals surface area contributed by atoms with E-state index in [1.165, 1.54) is 12.8 Å². The number of carbonyl (C=O) groups excluding carboxylic acids is 1. The third-order valence-corrected chi connectivity index (χ3v) is 3.25. The van der Waals surface area contributed by atoms with Crippen molar-refractivity contribution in [3.8, 4) is 5.88 Å². The monoisotopic (exact) mass is 212 g/mol. The zero-order chi connectivity index (χ0) is 9.76. The highest BCUT2D eigenvalue weighted by Gasteiger charge is 2.47. The fourth-order valence-electron chi connectivity index (χ4n) is 1.86. The van der Waals surface area contributed by atoms with Gasteiger partial charge in [-0.25, -0.2) is 4.68 Å². The highest BCUT2D eigenvalue weighted by atomic mass is 35.5. The summed E-state index contributed by atoms with van der Waals surface area (Å²) in [6, 6.07) is 0. The summed E-state index contributed by atoms with van der Waals surface area (Å²) in [6.45, 7) is 1.52. The first-order chi connectivity index (χ1) is 6.74. The number of aldehydes is 1. The Bertz CT molecular complexity index is 409. The SMILES string of the molecule is O=Cc1c(Cl)nn2c1OCC1(CC1)C2. The molecule has 0 unspecified atom stereocenters. The maximum absolute atomic E-state index is 10.7. The Morgan fingerprint density at radius 1 is 1.57 bits per heavy atom. The molecule has 0 radical (unpaired) electrons. The molecule has 14 heavy (non-hydrogen) atoms. The van der Waals surface area contributed by atoms with Gasteiger partial charge in [-0.2, -0.15) is 5.10 Å². The Labute approximate surface area is 85.8 Å². The van der Waals surface area contributed by atoms with Gasteiger partial charge >= 0.3 is 0 Å². The number of halogens is 1. The standard InChI is InChI=1S/C9H9ClN2O2/c10-7-6(3-13)8-12(11-7)4-9(1-2-9)5-14-8/h3H,1-2,4-5H2. The first-order valence-electron chi connectivity index (χ1n) is 4.58. The van der Waals surface area contributed by atoms with E-state index in [4.69, 9.17) is 16.3 Å². The first kappa shape index (κ1) is 8.29. The molecule has 2 heterocycles. The van der Waals surface area contributed by atoms with Crippen LogP contribution in [0, 0.1) is 5.41 Å². The quantitative estimate of drug-likeness (QED) is 0.663. The first-order valence-corrected chi connectivity index (χ1v) is 4.96. The summed E-state index contributed by atoms with van der Waals surface area (Å²) < 4.78 is 7.24. The molecule has 0 atom stereocenters. The van der Waals surface area contributed by atoms with Gasteiger partial charge in [0, 0.05) is 5.41 Å². The van der Waals surface area contributed by atoms with Gasteiger partial charge in [0.1, 0.15) is 5.56 Å². The van der Waals surface area contributed by atoms with Gasteiger partial charge < -0.3 is 4.74 Å². The van der Waals surface area contributed by atoms with Crippen molar-refractivity contribution >= 4 is 17.9 Å². The molecule has 1 aliphatic carbocycles. The van der Waals surface area contributed by atoms with Crippen LogP contribution in [0.5, 0.6) is 5.88 Å². The third kappa shape index (κ3) is 1.00. The van der Waals surface area contributed by atoms with Gasteiger partial charge in [-0.15, -0.1) is 0 Å². The van der Waals surface area contributed by atoms with Crippen LogP contribution in [0.4, 0.5) is 0 Å². The van der Waals surface area contributed by atoms with Crippen molar-refractivity contribution < 1.29 is 9.53 Å². The number of carbonyl (C=O) groups is 1. The minimum Gasteiger partial charge on any atom is -0.477 e. The highest BCUT2D eigenvalue weighted by molar-refractivity contribution is 6.32. The second-order valence-corrected chi connectivity index (χ2v) is 4.43. The maximum Gasteiger partial charge on any atom is 0.224 e. The van der Waals surface area contributed by atoms with Gasteiger partial charge in [0.2, 0.25) is 5.88 Å². The van der Waals surface area contributed by atoms with Crippen LogP contribution < -0.4 is 4.74 Å². The molecule has 1 aromatic heterocycles. The van der Waals surface area contributed by atoms with Crippen molar-refractivity contribution in [1.82, 2.24) is 9.78 Å². The maximum atomic E-state index is 10.7. The Balaban J connectivity index is 2.06. The van der Waals surface area contributed by atoms with Crippen LogP contribution in [0.15, 0.2) is 0 Å². The molecule has 0 saturated heterocycles. The summed E-state index contributed by atoms with van der Waals surface area (Å²) in [5, 5.41) is 4.33. The van der Waals surface area contributed by atoms with E-state index in [1.807, 2.05) is 0 Å². The largest absolute Gasteiger partial charge is 0.477 e. The van der Waals surface area contributed by atoms with Gasteiger partial charge in [-0.3, -0.25) is 4.79 Å². The normalized spacial score (nSPS) is 21.5. The number of ether oxygens (including phenoxy) is 1. The Morgan fingerprint density at radius 2 is 2.36 bits per heavy atom. The predicted octanol–water partition coefficient (Wildman–Crippen LogP) is 1.52. The third-order valence-electron chi connectivity index (χ3n) is 2.97. The molecule has 0 bridgehead atoms. The zero-order valence-electron chi connectivity index (χ0n) is 7.49. The lowest BCUT2D eigenvalue weighted by Crippen LogP contribution is -2.27. The molecule has 2 aliphatic rings. The lowest BCUT2D eigenvalue weighted by atomic mass is 10.1. The minimum atomic E-state index is 0.243. The molecule has 1 saturated carbocycles.